The molecular weight excluding hydrogens is 377 g/mol. The van der Waals surface area contributed by atoms with E-state index < -0.39 is 0 Å². The second-order valence-electron chi connectivity index (χ2n) is 4.25. The van der Waals surface area contributed by atoms with Gasteiger partial charge in [0.2, 0.25) is 0 Å². The van der Waals surface area contributed by atoms with Crippen LogP contribution in [0.2, 0.25) is 0 Å². The number of hydrogen-bond donors (Lipinski definition) is 0. The molecule has 2 heterocycles. The maximum atomic E-state index is 12.5. The molecule has 2 rings (SSSR count). The van der Waals surface area contributed by atoms with Gasteiger partial charge in [-0.05, 0) is 54.0 Å². The fraction of sp³-hybridized carbons (Fsp3) is 0.308. The minimum atomic E-state index is 0.123. The minimum absolute atomic E-state index is 0.123. The van der Waals surface area contributed by atoms with Gasteiger partial charge in [-0.2, -0.15) is 0 Å². The Kier molecular flexibility index (Phi) is 4.80. The smallest absolute Gasteiger partial charge is 0.255 e. The quantitative estimate of drug-likeness (QED) is 0.705. The predicted octanol–water partition coefficient (Wildman–Crippen LogP) is 4.47. The Morgan fingerprint density at radius 2 is 2.22 bits per heavy atom. The van der Waals surface area contributed by atoms with E-state index in [1.807, 2.05) is 27.8 Å². The van der Waals surface area contributed by atoms with Gasteiger partial charge in [0.05, 0.1) is 15.0 Å². The van der Waals surface area contributed by atoms with E-state index in [9.17, 15) is 4.79 Å². The predicted molar refractivity (Wildman–Crippen MR) is 86.4 cm³/mol. The first-order valence-electron chi connectivity index (χ1n) is 5.65. The van der Waals surface area contributed by atoms with Gasteiger partial charge in [0.15, 0.2) is 0 Å². The summed E-state index contributed by atoms with van der Waals surface area (Å²) in [6.45, 7) is 4.81. The van der Waals surface area contributed by atoms with Crippen LogP contribution in [0.3, 0.4) is 0 Å². The zero-order chi connectivity index (χ0) is 13.1. The summed E-state index contributed by atoms with van der Waals surface area (Å²) in [7, 11) is 0. The maximum absolute atomic E-state index is 12.5. The van der Waals surface area contributed by atoms with Gasteiger partial charge in [0.1, 0.15) is 0 Å². The molecule has 0 radical (unpaired) electrons. The fourth-order valence-corrected chi connectivity index (χ4v) is 3.67. The maximum Gasteiger partial charge on any atom is 0.255 e. The minimum Gasteiger partial charge on any atom is -0.331 e. The van der Waals surface area contributed by atoms with E-state index in [2.05, 4.69) is 42.5 Å². The fourth-order valence-electron chi connectivity index (χ4n) is 1.65. The van der Waals surface area contributed by atoms with Crippen molar-refractivity contribution in [1.82, 2.24) is 4.90 Å². The summed E-state index contributed by atoms with van der Waals surface area (Å²) < 4.78 is 1.15. The molecule has 0 aliphatic carbocycles. The van der Waals surface area contributed by atoms with Crippen molar-refractivity contribution in [3.8, 4) is 0 Å². The van der Waals surface area contributed by atoms with Crippen LogP contribution in [0.4, 0.5) is 0 Å². The third kappa shape index (κ3) is 3.33. The molecule has 0 aliphatic heterocycles. The number of thiophene rings is 2. The summed E-state index contributed by atoms with van der Waals surface area (Å²) in [5.41, 5.74) is 0.801. The third-order valence-corrected chi connectivity index (χ3v) is 5.26. The Morgan fingerprint density at radius 1 is 1.44 bits per heavy atom. The van der Waals surface area contributed by atoms with E-state index >= 15 is 0 Å². The largest absolute Gasteiger partial charge is 0.331 e. The first-order valence-corrected chi connectivity index (χ1v) is 8.49. The van der Waals surface area contributed by atoms with Gasteiger partial charge in [-0.1, -0.05) is 6.07 Å². The highest BCUT2D eigenvalue weighted by Crippen LogP contribution is 2.21. The van der Waals surface area contributed by atoms with E-state index in [4.69, 9.17) is 0 Å². The van der Waals surface area contributed by atoms with Crippen LogP contribution < -0.4 is 0 Å². The normalized spacial score (nSPS) is 10.9. The summed E-state index contributed by atoms with van der Waals surface area (Å²) in [6, 6.07) is 6.26. The number of carbonyl (C=O) groups excluding carboxylic acids is 1. The van der Waals surface area contributed by atoms with Gasteiger partial charge in [-0.3, -0.25) is 4.79 Å². The average Bonchev–Trinajstić information content (AvgIpc) is 2.95. The van der Waals surface area contributed by atoms with E-state index in [-0.39, 0.29) is 11.9 Å². The van der Waals surface area contributed by atoms with E-state index in [0.717, 1.165) is 8.45 Å². The molecule has 0 fully saturated rings. The van der Waals surface area contributed by atoms with Gasteiger partial charge in [-0.15, -0.1) is 22.7 Å². The molecule has 2 aromatic heterocycles. The van der Waals surface area contributed by atoms with E-state index in [1.165, 1.54) is 4.88 Å². The zero-order valence-corrected chi connectivity index (χ0v) is 14.0. The van der Waals surface area contributed by atoms with Crippen LogP contribution in [-0.4, -0.2) is 16.8 Å². The van der Waals surface area contributed by atoms with Gasteiger partial charge < -0.3 is 4.90 Å². The number of nitrogens with zero attached hydrogens (tertiary/aromatic N) is 1. The van der Waals surface area contributed by atoms with Crippen LogP contribution in [0, 0.1) is 2.88 Å². The Morgan fingerprint density at radius 3 is 2.72 bits per heavy atom. The molecule has 18 heavy (non-hydrogen) atoms. The van der Waals surface area contributed by atoms with Crippen molar-refractivity contribution in [3.63, 3.8) is 0 Å². The summed E-state index contributed by atoms with van der Waals surface area (Å²) >= 11 is 5.55. The average molecular weight is 391 g/mol. The summed E-state index contributed by atoms with van der Waals surface area (Å²) in [4.78, 5) is 15.6. The molecule has 0 saturated carbocycles. The summed E-state index contributed by atoms with van der Waals surface area (Å²) in [5, 5.41) is 3.99. The highest BCUT2D eigenvalue weighted by atomic mass is 127. The van der Waals surface area contributed by atoms with Gasteiger partial charge in [0, 0.05) is 16.3 Å². The number of hydrogen-bond acceptors (Lipinski definition) is 3. The van der Waals surface area contributed by atoms with Crippen LogP contribution in [0.1, 0.15) is 29.1 Å². The lowest BCUT2D eigenvalue weighted by molar-refractivity contribution is 0.0693. The number of rotatable bonds is 4. The van der Waals surface area contributed by atoms with Crippen molar-refractivity contribution in [3.05, 3.63) is 42.3 Å². The molecule has 2 nitrogen and oxygen atoms in total. The second kappa shape index (κ2) is 6.16. The molecule has 1 amide bonds. The lowest BCUT2D eigenvalue weighted by Gasteiger charge is -2.25. The van der Waals surface area contributed by atoms with Crippen LogP contribution in [0.15, 0.2) is 29.0 Å². The molecule has 2 aromatic rings. The molecule has 5 heteroatoms. The van der Waals surface area contributed by atoms with Crippen molar-refractivity contribution in [2.24, 2.45) is 0 Å². The van der Waals surface area contributed by atoms with E-state index in [1.54, 1.807) is 22.7 Å². The first-order chi connectivity index (χ1) is 8.58. The molecule has 0 saturated heterocycles. The Hall–Kier alpha value is -0.400. The molecule has 0 atom stereocenters. The molecule has 0 aliphatic rings. The van der Waals surface area contributed by atoms with Gasteiger partial charge in [-0.25, -0.2) is 0 Å². The van der Waals surface area contributed by atoms with Crippen molar-refractivity contribution >= 4 is 51.2 Å². The van der Waals surface area contributed by atoms with Crippen molar-refractivity contribution in [1.29, 1.82) is 0 Å². The van der Waals surface area contributed by atoms with Crippen molar-refractivity contribution in [2.75, 3.05) is 0 Å². The zero-order valence-electron chi connectivity index (χ0n) is 10.2. The van der Waals surface area contributed by atoms with Crippen LogP contribution in [0.5, 0.6) is 0 Å². The number of halogens is 1. The van der Waals surface area contributed by atoms with Gasteiger partial charge in [0.25, 0.3) is 5.91 Å². The number of carbonyl (C=O) groups is 1. The summed E-state index contributed by atoms with van der Waals surface area (Å²) in [6.07, 6.45) is 0. The second-order valence-corrected chi connectivity index (χ2v) is 8.08. The summed E-state index contributed by atoms with van der Waals surface area (Å²) in [5.74, 6) is 0.123. The van der Waals surface area contributed by atoms with Crippen molar-refractivity contribution in [2.45, 2.75) is 26.4 Å². The topological polar surface area (TPSA) is 20.3 Å². The first kappa shape index (κ1) is 14.0. The van der Waals surface area contributed by atoms with Crippen LogP contribution >= 0.6 is 45.3 Å². The van der Waals surface area contributed by atoms with Gasteiger partial charge >= 0.3 is 0 Å². The Balaban J connectivity index is 2.17. The SMILES string of the molecule is CC(C)N(Cc1cccs1)C(=O)c1csc(I)c1. The molecular formula is C13H14INOS2. The Labute approximate surface area is 129 Å². The third-order valence-electron chi connectivity index (χ3n) is 2.60. The molecule has 0 unspecified atom stereocenters. The molecule has 0 spiro atoms. The molecule has 0 aromatic carbocycles. The molecule has 0 N–H and O–H groups in total. The van der Waals surface area contributed by atoms with E-state index in [0.29, 0.717) is 6.54 Å². The van der Waals surface area contributed by atoms with Crippen LogP contribution in [-0.2, 0) is 6.54 Å². The highest BCUT2D eigenvalue weighted by molar-refractivity contribution is 14.1. The highest BCUT2D eigenvalue weighted by Gasteiger charge is 2.20. The lowest BCUT2D eigenvalue weighted by Crippen LogP contribution is -2.35. The molecule has 96 valence electrons. The monoisotopic (exact) mass is 391 g/mol. The van der Waals surface area contributed by atoms with Crippen LogP contribution in [0.25, 0.3) is 0 Å². The van der Waals surface area contributed by atoms with Crippen molar-refractivity contribution < 1.29 is 4.79 Å². The lowest BCUT2D eigenvalue weighted by atomic mass is 10.2. The standard InChI is InChI=1S/C13H14INOS2/c1-9(2)15(7-11-4-3-5-17-11)13(16)10-6-12(14)18-8-10/h3-6,8-9H,7H2,1-2H3. The Bertz CT molecular complexity index is 519. The molecule has 0 bridgehead atoms. The number of amides is 1.